The number of halogens is 3. The summed E-state index contributed by atoms with van der Waals surface area (Å²) in [5.74, 6) is 0. The van der Waals surface area contributed by atoms with Gasteiger partial charge in [-0.05, 0) is 45.1 Å². The van der Waals surface area contributed by atoms with E-state index < -0.39 is 24.3 Å². The molecule has 7 heteroatoms. The predicted molar refractivity (Wildman–Crippen MR) is 96.2 cm³/mol. The van der Waals surface area contributed by atoms with Crippen molar-refractivity contribution < 1.29 is 22.7 Å². The van der Waals surface area contributed by atoms with Crippen molar-refractivity contribution in [2.75, 3.05) is 13.2 Å². The van der Waals surface area contributed by atoms with Crippen LogP contribution in [0, 0.1) is 5.41 Å². The lowest BCUT2D eigenvalue weighted by molar-refractivity contribution is -0.221. The van der Waals surface area contributed by atoms with Crippen molar-refractivity contribution in [3.8, 4) is 0 Å². The molecule has 0 aromatic heterocycles. The van der Waals surface area contributed by atoms with Crippen LogP contribution in [0.2, 0.25) is 0 Å². The summed E-state index contributed by atoms with van der Waals surface area (Å²) in [6, 6.07) is 10.2. The van der Waals surface area contributed by atoms with Crippen molar-refractivity contribution in [1.82, 2.24) is 10.2 Å². The Morgan fingerprint density at radius 1 is 1.26 bits per heavy atom. The lowest BCUT2D eigenvalue weighted by Crippen LogP contribution is -2.51. The second-order valence-electron chi connectivity index (χ2n) is 8.42. The predicted octanol–water partition coefficient (Wildman–Crippen LogP) is 4.50. The number of alkyl carbamates (subject to hydrolysis) is 1. The number of hydrogen-bond donors (Lipinski definition) is 1. The number of piperidine rings is 1. The molecule has 1 spiro atoms. The minimum absolute atomic E-state index is 0.0546. The van der Waals surface area contributed by atoms with Crippen LogP contribution in [0.1, 0.15) is 45.1 Å². The molecule has 2 fully saturated rings. The Balaban J connectivity index is 1.49. The first-order valence-corrected chi connectivity index (χ1v) is 9.40. The number of nitrogens with zero attached hydrogens (tertiary/aromatic N) is 1. The third-order valence-corrected chi connectivity index (χ3v) is 5.74. The molecule has 1 unspecified atom stereocenters. The molecule has 1 aliphatic heterocycles. The van der Waals surface area contributed by atoms with E-state index in [0.717, 1.165) is 52.6 Å². The van der Waals surface area contributed by atoms with E-state index >= 15 is 0 Å². The Morgan fingerprint density at radius 3 is 2.52 bits per heavy atom. The van der Waals surface area contributed by atoms with Crippen LogP contribution >= 0.6 is 0 Å². The zero-order chi connectivity index (χ0) is 19.7. The molecule has 1 aliphatic carbocycles. The number of rotatable bonds is 5. The van der Waals surface area contributed by atoms with Crippen molar-refractivity contribution in [2.45, 2.75) is 63.8 Å². The lowest BCUT2D eigenvalue weighted by atomic mass is 9.94. The molecule has 0 bridgehead atoms. The van der Waals surface area contributed by atoms with Crippen LogP contribution in [0.4, 0.5) is 18.0 Å². The molecule has 27 heavy (non-hydrogen) atoms. The summed E-state index contributed by atoms with van der Waals surface area (Å²) in [6.07, 6.45) is -1.40. The van der Waals surface area contributed by atoms with Gasteiger partial charge in [-0.2, -0.15) is 13.2 Å². The number of benzene rings is 1. The summed E-state index contributed by atoms with van der Waals surface area (Å²) in [5.41, 5.74) is -0.678. The molecule has 1 aromatic rings. The van der Waals surface area contributed by atoms with Crippen molar-refractivity contribution in [3.63, 3.8) is 0 Å². The number of alkyl halides is 3. The maximum absolute atomic E-state index is 12.9. The summed E-state index contributed by atoms with van der Waals surface area (Å²) in [5, 5.41) is 2.77. The Bertz CT molecular complexity index is 657. The van der Waals surface area contributed by atoms with E-state index in [1.807, 2.05) is 18.2 Å². The van der Waals surface area contributed by atoms with Gasteiger partial charge < -0.3 is 10.1 Å². The molecule has 2 aliphatic rings. The number of carbonyl (C=O) groups excluding carboxylic acids is 1. The second kappa shape index (κ2) is 7.34. The summed E-state index contributed by atoms with van der Waals surface area (Å²) in [7, 11) is 0. The second-order valence-corrected chi connectivity index (χ2v) is 8.42. The maximum atomic E-state index is 12.9. The minimum Gasteiger partial charge on any atom is -0.449 e. The van der Waals surface area contributed by atoms with Crippen LogP contribution < -0.4 is 5.32 Å². The Kier molecular flexibility index (Phi) is 5.43. The van der Waals surface area contributed by atoms with E-state index in [2.05, 4.69) is 22.3 Å². The zero-order valence-electron chi connectivity index (χ0n) is 15.8. The largest absolute Gasteiger partial charge is 0.449 e. The topological polar surface area (TPSA) is 41.6 Å². The zero-order valence-corrected chi connectivity index (χ0v) is 15.8. The van der Waals surface area contributed by atoms with Crippen LogP contribution in [-0.4, -0.2) is 41.9 Å². The number of nitrogens with one attached hydrogen (secondary N) is 1. The first-order valence-electron chi connectivity index (χ1n) is 9.40. The van der Waals surface area contributed by atoms with E-state index in [0.29, 0.717) is 0 Å². The number of likely N-dealkylation sites (tertiary alicyclic amines) is 1. The molecule has 3 rings (SSSR count). The van der Waals surface area contributed by atoms with Crippen molar-refractivity contribution in [1.29, 1.82) is 0 Å². The third-order valence-electron chi connectivity index (χ3n) is 5.74. The van der Waals surface area contributed by atoms with E-state index in [4.69, 9.17) is 4.74 Å². The number of carbonyl (C=O) groups is 1. The molecular weight excluding hydrogens is 357 g/mol. The van der Waals surface area contributed by atoms with E-state index in [-0.39, 0.29) is 11.6 Å². The van der Waals surface area contributed by atoms with Crippen LogP contribution in [-0.2, 0) is 11.3 Å². The number of ether oxygens (including phenoxy) is 1. The quantitative estimate of drug-likeness (QED) is 0.813. The molecule has 150 valence electrons. The molecule has 1 atom stereocenters. The molecule has 0 radical (unpaired) electrons. The van der Waals surface area contributed by atoms with Crippen molar-refractivity contribution in [2.24, 2.45) is 5.41 Å². The molecule has 1 amide bonds. The van der Waals surface area contributed by atoms with Gasteiger partial charge in [-0.1, -0.05) is 30.3 Å². The highest BCUT2D eigenvalue weighted by molar-refractivity contribution is 5.67. The SMILES string of the molecule is CC(C)(COC(=O)NC1CCN(Cc2ccccc2)C2(CC2)C1)C(F)(F)F. The average Bonchev–Trinajstić information content (AvgIpc) is 3.36. The highest BCUT2D eigenvalue weighted by atomic mass is 19.4. The summed E-state index contributed by atoms with van der Waals surface area (Å²) >= 11 is 0. The summed E-state index contributed by atoms with van der Waals surface area (Å²) in [6.45, 7) is 3.12. The van der Waals surface area contributed by atoms with E-state index in [1.54, 1.807) is 0 Å². The van der Waals surface area contributed by atoms with Gasteiger partial charge in [0, 0.05) is 24.7 Å². The first-order chi connectivity index (χ1) is 12.6. The Labute approximate surface area is 158 Å². The van der Waals surface area contributed by atoms with Gasteiger partial charge in [0.1, 0.15) is 6.61 Å². The first kappa shape index (κ1) is 20.0. The van der Waals surface area contributed by atoms with Crippen LogP contribution in [0.15, 0.2) is 30.3 Å². The molecular formula is C20H27F3N2O2. The van der Waals surface area contributed by atoms with Crippen molar-refractivity contribution in [3.05, 3.63) is 35.9 Å². The fourth-order valence-electron chi connectivity index (χ4n) is 3.61. The maximum Gasteiger partial charge on any atom is 0.407 e. The fourth-order valence-corrected chi connectivity index (χ4v) is 3.61. The highest BCUT2D eigenvalue weighted by Gasteiger charge is 2.52. The molecule has 1 saturated heterocycles. The molecule has 1 heterocycles. The Morgan fingerprint density at radius 2 is 1.93 bits per heavy atom. The number of amides is 1. The van der Waals surface area contributed by atoms with Gasteiger partial charge in [0.25, 0.3) is 0 Å². The van der Waals surface area contributed by atoms with Gasteiger partial charge in [-0.25, -0.2) is 4.79 Å². The molecule has 1 saturated carbocycles. The van der Waals surface area contributed by atoms with Gasteiger partial charge in [0.2, 0.25) is 0 Å². The van der Waals surface area contributed by atoms with Crippen LogP contribution in [0.5, 0.6) is 0 Å². The molecule has 1 aromatic carbocycles. The normalized spacial score (nSPS) is 22.5. The molecule has 1 N–H and O–H groups in total. The minimum atomic E-state index is -4.41. The monoisotopic (exact) mass is 384 g/mol. The highest BCUT2D eigenvalue weighted by Crippen LogP contribution is 2.49. The van der Waals surface area contributed by atoms with Gasteiger partial charge in [0.05, 0.1) is 5.41 Å². The van der Waals surface area contributed by atoms with Crippen LogP contribution in [0.3, 0.4) is 0 Å². The van der Waals surface area contributed by atoms with Gasteiger partial charge >= 0.3 is 12.3 Å². The summed E-state index contributed by atoms with van der Waals surface area (Å²) in [4.78, 5) is 14.4. The van der Waals surface area contributed by atoms with Gasteiger partial charge in [-0.3, -0.25) is 4.90 Å². The Hall–Kier alpha value is -1.76. The van der Waals surface area contributed by atoms with E-state index in [1.165, 1.54) is 5.56 Å². The fraction of sp³-hybridized carbons (Fsp3) is 0.650. The summed E-state index contributed by atoms with van der Waals surface area (Å²) < 4.78 is 43.4. The number of hydrogen-bond acceptors (Lipinski definition) is 3. The van der Waals surface area contributed by atoms with Gasteiger partial charge in [0.15, 0.2) is 0 Å². The smallest absolute Gasteiger partial charge is 0.407 e. The van der Waals surface area contributed by atoms with Crippen LogP contribution in [0.25, 0.3) is 0 Å². The van der Waals surface area contributed by atoms with Crippen molar-refractivity contribution >= 4 is 6.09 Å². The average molecular weight is 384 g/mol. The molecule has 4 nitrogen and oxygen atoms in total. The van der Waals surface area contributed by atoms with E-state index in [9.17, 15) is 18.0 Å². The lowest BCUT2D eigenvalue weighted by Gasteiger charge is -2.40. The third kappa shape index (κ3) is 4.75. The van der Waals surface area contributed by atoms with Gasteiger partial charge in [-0.15, -0.1) is 0 Å². The standard InChI is InChI=1S/C20H27F3N2O2/c1-18(2,20(21,22)23)14-27-17(26)24-16-8-11-25(19(12-16)9-10-19)13-15-6-4-3-5-7-15/h3-7,16H,8-14H2,1-2H3,(H,24,26).